The molecule has 1 amide bonds. The van der Waals surface area contributed by atoms with Crippen molar-refractivity contribution in [2.75, 3.05) is 6.79 Å². The van der Waals surface area contributed by atoms with Gasteiger partial charge in [-0.15, -0.1) is 11.3 Å². The van der Waals surface area contributed by atoms with Gasteiger partial charge in [0.1, 0.15) is 11.3 Å². The summed E-state index contributed by atoms with van der Waals surface area (Å²) in [5.74, 6) is -1.94. The zero-order valence-electron chi connectivity index (χ0n) is 18.1. The van der Waals surface area contributed by atoms with Crippen LogP contribution in [0.5, 0.6) is 5.75 Å². The van der Waals surface area contributed by atoms with Crippen molar-refractivity contribution in [3.05, 3.63) is 45.9 Å². The molecule has 0 spiro atoms. The molecule has 0 radical (unpaired) electrons. The number of para-hydroxylation sites is 1. The highest BCUT2D eigenvalue weighted by Gasteiger charge is 2.38. The van der Waals surface area contributed by atoms with Gasteiger partial charge in [0.25, 0.3) is 0 Å². The zero-order chi connectivity index (χ0) is 23.3. The number of aromatic nitrogens is 1. The number of esters is 2. The van der Waals surface area contributed by atoms with E-state index >= 15 is 0 Å². The Bertz CT molecular complexity index is 975. The van der Waals surface area contributed by atoms with Crippen LogP contribution in [0.2, 0.25) is 0 Å². The molecule has 9 nitrogen and oxygen atoms in total. The molecule has 1 atom stereocenters. The van der Waals surface area contributed by atoms with Crippen LogP contribution in [0.3, 0.4) is 0 Å². The molecular formula is C21H25BN2O7S. The second kappa shape index (κ2) is 10.1. The van der Waals surface area contributed by atoms with Crippen molar-refractivity contribution < 1.29 is 33.5 Å². The van der Waals surface area contributed by atoms with Crippen molar-refractivity contribution >= 4 is 36.3 Å². The summed E-state index contributed by atoms with van der Waals surface area (Å²) in [4.78, 5) is 41.5. The lowest BCUT2D eigenvalue weighted by atomic mass is 9.72. The van der Waals surface area contributed by atoms with E-state index in [1.807, 2.05) is 0 Å². The largest absolute Gasteiger partial charge is 0.547 e. The van der Waals surface area contributed by atoms with E-state index in [9.17, 15) is 19.4 Å². The van der Waals surface area contributed by atoms with E-state index in [1.54, 1.807) is 44.6 Å². The summed E-state index contributed by atoms with van der Waals surface area (Å²) < 4.78 is 15.5. The van der Waals surface area contributed by atoms with Gasteiger partial charge in [-0.3, -0.25) is 14.6 Å². The van der Waals surface area contributed by atoms with Crippen LogP contribution in [-0.4, -0.2) is 47.7 Å². The summed E-state index contributed by atoms with van der Waals surface area (Å²) >= 11 is 1.48. The molecule has 0 unspecified atom stereocenters. The molecule has 2 N–H and O–H groups in total. The highest BCUT2D eigenvalue weighted by Crippen LogP contribution is 2.30. The maximum atomic E-state index is 12.5. The molecule has 32 heavy (non-hydrogen) atoms. The van der Waals surface area contributed by atoms with Crippen LogP contribution in [0.1, 0.15) is 48.0 Å². The lowest BCUT2D eigenvalue weighted by molar-refractivity contribution is -0.161. The normalized spacial score (nSPS) is 15.4. The summed E-state index contributed by atoms with van der Waals surface area (Å²) in [5.41, 5.74) is 1.73. The molecule has 0 saturated carbocycles. The number of rotatable bonds is 7. The summed E-state index contributed by atoms with van der Waals surface area (Å²) in [5, 5.41) is 13.2. The Hall–Kier alpha value is -2.92. The molecule has 2 aromatic rings. The minimum Gasteiger partial charge on any atom is -0.534 e. The number of nitrogens with zero attached hydrogens (tertiary/aromatic N) is 1. The first-order chi connectivity index (χ1) is 15.1. The van der Waals surface area contributed by atoms with Crippen molar-refractivity contribution in [1.29, 1.82) is 0 Å². The molecule has 3 rings (SSSR count). The minimum absolute atomic E-state index is 0.100. The molecule has 1 aromatic heterocycles. The monoisotopic (exact) mass is 460 g/mol. The fraction of sp³-hybridized carbons (Fsp3) is 0.429. The topological polar surface area (TPSA) is 124 Å². The van der Waals surface area contributed by atoms with Gasteiger partial charge in [-0.05, 0) is 45.2 Å². The van der Waals surface area contributed by atoms with Crippen LogP contribution < -0.4 is 9.97 Å². The number of thiazole rings is 1. The van der Waals surface area contributed by atoms with Crippen molar-refractivity contribution in [3.8, 4) is 5.75 Å². The van der Waals surface area contributed by atoms with E-state index in [0.717, 1.165) is 4.88 Å². The maximum Gasteiger partial charge on any atom is 0.547 e. The zero-order valence-corrected chi connectivity index (χ0v) is 18.9. The number of hydrogen-bond donors (Lipinski definition) is 2. The van der Waals surface area contributed by atoms with E-state index in [2.05, 4.69) is 10.3 Å². The van der Waals surface area contributed by atoms with Gasteiger partial charge in [0.05, 0.1) is 16.9 Å². The molecule has 1 aliphatic heterocycles. The lowest BCUT2D eigenvalue weighted by Crippen LogP contribution is -2.53. The van der Waals surface area contributed by atoms with E-state index in [1.165, 1.54) is 17.4 Å². The van der Waals surface area contributed by atoms with Gasteiger partial charge in [-0.2, -0.15) is 0 Å². The second-order valence-corrected chi connectivity index (χ2v) is 9.35. The third kappa shape index (κ3) is 6.07. The molecule has 170 valence electrons. The Labute approximate surface area is 190 Å². The Kier molecular flexibility index (Phi) is 7.52. The number of carbonyl (C=O) groups is 3. The summed E-state index contributed by atoms with van der Waals surface area (Å²) in [6.45, 7) is 4.54. The number of ether oxygens (including phenoxy) is 2. The van der Waals surface area contributed by atoms with E-state index in [0.29, 0.717) is 12.0 Å². The van der Waals surface area contributed by atoms with Gasteiger partial charge in [0.2, 0.25) is 12.7 Å². The van der Waals surface area contributed by atoms with Crippen molar-refractivity contribution in [2.24, 2.45) is 5.41 Å². The number of carbonyl (C=O) groups excluding carboxylic acids is 3. The Morgan fingerprint density at radius 2 is 2.09 bits per heavy atom. The van der Waals surface area contributed by atoms with Gasteiger partial charge in [0, 0.05) is 17.5 Å². The quantitative estimate of drug-likeness (QED) is 0.365. The predicted molar refractivity (Wildman–Crippen MR) is 117 cm³/mol. The highest BCUT2D eigenvalue weighted by molar-refractivity contribution is 7.09. The minimum atomic E-state index is -1.33. The molecule has 0 aliphatic carbocycles. The Morgan fingerprint density at radius 3 is 2.78 bits per heavy atom. The number of nitrogens with one attached hydrogen (secondary N) is 1. The molecule has 2 heterocycles. The SMILES string of the molecule is CC(C)(C)C(=O)OCOC(=O)c1cccc2c1OB(O)[C@@H](NC(=O)CCc1cncs1)C2. The molecule has 0 bridgehead atoms. The summed E-state index contributed by atoms with van der Waals surface area (Å²) in [7, 11) is -1.33. The van der Waals surface area contributed by atoms with Crippen LogP contribution in [0, 0.1) is 5.41 Å². The van der Waals surface area contributed by atoms with Gasteiger partial charge in [-0.1, -0.05) is 12.1 Å². The van der Waals surface area contributed by atoms with E-state index < -0.39 is 37.2 Å². The number of hydrogen-bond acceptors (Lipinski definition) is 9. The first-order valence-electron chi connectivity index (χ1n) is 10.1. The molecular weight excluding hydrogens is 435 g/mol. The average Bonchev–Trinajstić information content (AvgIpc) is 3.25. The summed E-state index contributed by atoms with van der Waals surface area (Å²) in [6.07, 6.45) is 2.82. The van der Waals surface area contributed by atoms with Crippen LogP contribution in [0.15, 0.2) is 29.9 Å². The number of amides is 1. The maximum absolute atomic E-state index is 12.5. The molecule has 1 aromatic carbocycles. The third-order valence-electron chi connectivity index (χ3n) is 4.76. The lowest BCUT2D eigenvalue weighted by Gasteiger charge is -2.29. The number of aryl methyl sites for hydroxylation is 1. The first kappa shape index (κ1) is 23.7. The van der Waals surface area contributed by atoms with Gasteiger partial charge in [-0.25, -0.2) is 4.79 Å². The molecule has 0 fully saturated rings. The van der Waals surface area contributed by atoms with Crippen LogP contribution >= 0.6 is 11.3 Å². The van der Waals surface area contributed by atoms with Gasteiger partial charge >= 0.3 is 19.1 Å². The van der Waals surface area contributed by atoms with Crippen LogP contribution in [-0.2, 0) is 31.9 Å². The molecule has 11 heteroatoms. The first-order valence-corrected chi connectivity index (χ1v) is 11.0. The highest BCUT2D eigenvalue weighted by atomic mass is 32.1. The van der Waals surface area contributed by atoms with E-state index in [4.69, 9.17) is 14.1 Å². The summed E-state index contributed by atoms with van der Waals surface area (Å²) in [6, 6.07) is 4.89. The Morgan fingerprint density at radius 1 is 1.31 bits per heavy atom. The predicted octanol–water partition coefficient (Wildman–Crippen LogP) is 1.92. The fourth-order valence-electron chi connectivity index (χ4n) is 3.02. The van der Waals surface area contributed by atoms with Crippen molar-refractivity contribution in [3.63, 3.8) is 0 Å². The van der Waals surface area contributed by atoms with Gasteiger partial charge < -0.3 is 24.5 Å². The molecule has 0 saturated heterocycles. The second-order valence-electron chi connectivity index (χ2n) is 8.38. The smallest absolute Gasteiger partial charge is 0.534 e. The van der Waals surface area contributed by atoms with Crippen LogP contribution in [0.25, 0.3) is 0 Å². The fourth-order valence-corrected chi connectivity index (χ4v) is 3.62. The van der Waals surface area contributed by atoms with Crippen molar-refractivity contribution in [1.82, 2.24) is 10.3 Å². The van der Waals surface area contributed by atoms with E-state index in [-0.39, 0.29) is 30.1 Å². The standard InChI is InChI=1S/C21H25BN2O7S/c1-21(2,3)20(27)30-12-29-19(26)15-6-4-5-13-9-16(22(28)31-18(13)15)24-17(25)8-7-14-10-23-11-32-14/h4-6,10-11,16,28H,7-9,12H2,1-3H3,(H,24,25)/t16-/m0/s1. The Balaban J connectivity index is 1.58. The number of benzene rings is 1. The van der Waals surface area contributed by atoms with Crippen molar-refractivity contribution in [2.45, 2.75) is 46.0 Å². The molecule has 1 aliphatic rings. The number of fused-ring (bicyclic) bond motifs is 1. The third-order valence-corrected chi connectivity index (χ3v) is 5.60. The average molecular weight is 460 g/mol. The van der Waals surface area contributed by atoms with Crippen LogP contribution in [0.4, 0.5) is 0 Å². The van der Waals surface area contributed by atoms with Gasteiger partial charge in [0.15, 0.2) is 0 Å².